The second-order valence-corrected chi connectivity index (χ2v) is 7.43. The number of nitrogens with zero attached hydrogens (tertiary/aromatic N) is 4. The van der Waals surface area contributed by atoms with Gasteiger partial charge in [0.2, 0.25) is 10.0 Å². The quantitative estimate of drug-likeness (QED) is 0.216. The third-order valence-corrected chi connectivity index (χ3v) is 5.61. The summed E-state index contributed by atoms with van der Waals surface area (Å²) in [6.45, 7) is 4.91. The third kappa shape index (κ3) is 6.59. The first-order valence-electron chi connectivity index (χ1n) is 8.00. The third-order valence-electron chi connectivity index (χ3n) is 3.79. The molecule has 1 aliphatic heterocycles. The molecule has 1 aromatic rings. The second-order valence-electron chi connectivity index (χ2n) is 5.46. The molecule has 25 heavy (non-hydrogen) atoms. The number of aliphatic imine (C=N–C) groups is 1. The van der Waals surface area contributed by atoms with Crippen LogP contribution < -0.4 is 5.32 Å². The summed E-state index contributed by atoms with van der Waals surface area (Å²) in [4.78, 5) is 6.36. The number of allylic oxidation sites excluding steroid dienone is 1. The average molecular weight is 483 g/mol. The van der Waals surface area contributed by atoms with Crippen molar-refractivity contribution < 1.29 is 12.9 Å². The Balaban J connectivity index is 0.00000312. The Morgan fingerprint density at radius 2 is 2.12 bits per heavy atom. The molecule has 10 heteroatoms. The number of nitrogens with one attached hydrogen (secondary N) is 1. The number of halogens is 1. The molecule has 2 rings (SSSR count). The Bertz CT molecular complexity index is 653. The molecule has 1 aliphatic rings. The molecule has 1 fully saturated rings. The van der Waals surface area contributed by atoms with Gasteiger partial charge in [-0.05, 0) is 13.3 Å². The van der Waals surface area contributed by atoms with E-state index in [2.05, 4.69) is 26.4 Å². The van der Waals surface area contributed by atoms with Gasteiger partial charge < -0.3 is 14.7 Å². The summed E-state index contributed by atoms with van der Waals surface area (Å²) in [7, 11) is -1.63. The Morgan fingerprint density at radius 1 is 1.40 bits per heavy atom. The molecule has 0 unspecified atom stereocenters. The van der Waals surface area contributed by atoms with Crippen molar-refractivity contribution in [3.63, 3.8) is 0 Å². The number of guanidine groups is 1. The highest BCUT2D eigenvalue weighted by Gasteiger charge is 2.28. The first kappa shape index (κ1) is 21.9. The molecule has 142 valence electrons. The zero-order valence-corrected chi connectivity index (χ0v) is 17.7. The molecule has 0 amide bonds. The topological polar surface area (TPSA) is 91.0 Å². The van der Waals surface area contributed by atoms with Crippen LogP contribution in [0.1, 0.15) is 19.0 Å². The highest BCUT2D eigenvalue weighted by Crippen LogP contribution is 2.12. The lowest BCUT2D eigenvalue weighted by atomic mass is 10.3. The van der Waals surface area contributed by atoms with Crippen molar-refractivity contribution in [1.29, 1.82) is 0 Å². The monoisotopic (exact) mass is 483 g/mol. The van der Waals surface area contributed by atoms with E-state index >= 15 is 0 Å². The van der Waals surface area contributed by atoms with E-state index in [1.165, 1.54) is 10.6 Å². The van der Waals surface area contributed by atoms with Crippen molar-refractivity contribution in [2.45, 2.75) is 19.1 Å². The second kappa shape index (κ2) is 10.8. The zero-order valence-electron chi connectivity index (χ0n) is 14.6. The average Bonchev–Trinajstić information content (AvgIpc) is 3.07. The summed E-state index contributed by atoms with van der Waals surface area (Å²) in [5, 5.41) is 6.97. The number of piperazine rings is 1. The summed E-state index contributed by atoms with van der Waals surface area (Å²) >= 11 is 0. The van der Waals surface area contributed by atoms with E-state index in [4.69, 9.17) is 4.52 Å². The molecular formula is C15H26IN5O3S. The van der Waals surface area contributed by atoms with Crippen molar-refractivity contribution >= 4 is 40.0 Å². The SMILES string of the molecule is C/C=C/CCNC(=NC)N1CCN(S(=O)(=O)Cc2ccon2)CC1.I. The van der Waals surface area contributed by atoms with E-state index in [0.29, 0.717) is 31.9 Å². The molecule has 0 spiro atoms. The van der Waals surface area contributed by atoms with Crippen LogP contribution in [0.15, 0.2) is 34.0 Å². The molecule has 2 heterocycles. The molecular weight excluding hydrogens is 457 g/mol. The maximum atomic E-state index is 12.4. The maximum Gasteiger partial charge on any atom is 0.220 e. The fourth-order valence-electron chi connectivity index (χ4n) is 2.53. The molecule has 0 radical (unpaired) electrons. The van der Waals surface area contributed by atoms with Crippen molar-refractivity contribution in [2.75, 3.05) is 39.8 Å². The Labute approximate surface area is 166 Å². The summed E-state index contributed by atoms with van der Waals surface area (Å²) in [6, 6.07) is 1.57. The van der Waals surface area contributed by atoms with Gasteiger partial charge in [0.05, 0.1) is 5.69 Å². The van der Waals surface area contributed by atoms with Crippen molar-refractivity contribution in [1.82, 2.24) is 19.7 Å². The van der Waals surface area contributed by atoms with Crippen LogP contribution in [0.4, 0.5) is 0 Å². The fraction of sp³-hybridized carbons (Fsp3) is 0.600. The van der Waals surface area contributed by atoms with Gasteiger partial charge in [0.15, 0.2) is 5.96 Å². The Kier molecular flexibility index (Phi) is 9.43. The van der Waals surface area contributed by atoms with Crippen LogP contribution in [-0.2, 0) is 15.8 Å². The van der Waals surface area contributed by atoms with Gasteiger partial charge in [-0.1, -0.05) is 17.3 Å². The summed E-state index contributed by atoms with van der Waals surface area (Å²) in [5.41, 5.74) is 0.430. The molecule has 1 aromatic heterocycles. The zero-order chi connectivity index (χ0) is 17.4. The number of sulfonamides is 1. The van der Waals surface area contributed by atoms with Gasteiger partial charge in [-0.15, -0.1) is 24.0 Å². The first-order valence-corrected chi connectivity index (χ1v) is 9.61. The van der Waals surface area contributed by atoms with Crippen LogP contribution in [0.3, 0.4) is 0 Å². The summed E-state index contributed by atoms with van der Waals surface area (Å²) < 4.78 is 31.0. The van der Waals surface area contributed by atoms with Crippen LogP contribution in [0.25, 0.3) is 0 Å². The van der Waals surface area contributed by atoms with Gasteiger partial charge in [0, 0.05) is 45.8 Å². The largest absolute Gasteiger partial charge is 0.364 e. The van der Waals surface area contributed by atoms with Gasteiger partial charge >= 0.3 is 0 Å². The standard InChI is InChI=1S/C15H25N5O3S.HI/c1-3-4-5-7-17-15(16-2)19-8-10-20(11-9-19)24(21,22)13-14-6-12-23-18-14;/h3-4,6,12H,5,7-11,13H2,1-2H3,(H,16,17);1H/b4-3+;. The highest BCUT2D eigenvalue weighted by molar-refractivity contribution is 14.0. The van der Waals surface area contributed by atoms with Crippen molar-refractivity contribution in [3.05, 3.63) is 30.2 Å². The highest BCUT2D eigenvalue weighted by atomic mass is 127. The summed E-state index contributed by atoms with van der Waals surface area (Å²) in [5.74, 6) is 0.688. The fourth-order valence-corrected chi connectivity index (χ4v) is 3.96. The van der Waals surface area contributed by atoms with Gasteiger partial charge in [0.25, 0.3) is 0 Å². The minimum atomic E-state index is -3.37. The molecule has 0 aliphatic carbocycles. The van der Waals surface area contributed by atoms with E-state index in [1.54, 1.807) is 13.1 Å². The smallest absolute Gasteiger partial charge is 0.220 e. The maximum absolute atomic E-state index is 12.4. The molecule has 8 nitrogen and oxygen atoms in total. The predicted octanol–water partition coefficient (Wildman–Crippen LogP) is 1.28. The molecule has 0 bridgehead atoms. The minimum Gasteiger partial charge on any atom is -0.364 e. The lowest BCUT2D eigenvalue weighted by Crippen LogP contribution is -2.53. The normalized spacial score (nSPS) is 16.9. The van der Waals surface area contributed by atoms with Crippen molar-refractivity contribution in [2.24, 2.45) is 4.99 Å². The lowest BCUT2D eigenvalue weighted by molar-refractivity contribution is 0.260. The van der Waals surface area contributed by atoms with Gasteiger partial charge in [-0.25, -0.2) is 8.42 Å². The van der Waals surface area contributed by atoms with Gasteiger partial charge in [0.1, 0.15) is 12.0 Å². The minimum absolute atomic E-state index is 0. The van der Waals surface area contributed by atoms with E-state index in [-0.39, 0.29) is 29.7 Å². The molecule has 1 saturated heterocycles. The lowest BCUT2D eigenvalue weighted by Gasteiger charge is -2.35. The van der Waals surface area contributed by atoms with E-state index in [1.807, 2.05) is 13.0 Å². The van der Waals surface area contributed by atoms with Crippen LogP contribution in [-0.4, -0.2) is 68.5 Å². The van der Waals surface area contributed by atoms with Crippen LogP contribution >= 0.6 is 24.0 Å². The molecule has 0 aromatic carbocycles. The Hall–Kier alpha value is -1.14. The molecule has 1 N–H and O–H groups in total. The van der Waals surface area contributed by atoms with Crippen molar-refractivity contribution in [3.8, 4) is 0 Å². The number of hydrogen-bond acceptors (Lipinski definition) is 5. The number of rotatable bonds is 6. The Morgan fingerprint density at radius 3 is 2.68 bits per heavy atom. The van der Waals surface area contributed by atoms with E-state index in [0.717, 1.165) is 18.9 Å². The number of hydrogen-bond donors (Lipinski definition) is 1. The molecule has 0 atom stereocenters. The first-order chi connectivity index (χ1) is 11.6. The predicted molar refractivity (Wildman–Crippen MR) is 108 cm³/mol. The number of aromatic nitrogens is 1. The molecule has 0 saturated carbocycles. The van der Waals surface area contributed by atoms with Crippen LogP contribution in [0.2, 0.25) is 0 Å². The van der Waals surface area contributed by atoms with Gasteiger partial charge in [-0.2, -0.15) is 4.31 Å². The van der Waals surface area contributed by atoms with E-state index in [9.17, 15) is 8.42 Å². The van der Waals surface area contributed by atoms with E-state index < -0.39 is 10.0 Å². The summed E-state index contributed by atoms with van der Waals surface area (Å²) in [6.07, 6.45) is 6.42. The van der Waals surface area contributed by atoms with Crippen LogP contribution in [0.5, 0.6) is 0 Å². The van der Waals surface area contributed by atoms with Gasteiger partial charge in [-0.3, -0.25) is 4.99 Å². The van der Waals surface area contributed by atoms with Crippen LogP contribution in [0, 0.1) is 0 Å².